The van der Waals surface area contributed by atoms with Gasteiger partial charge in [-0.25, -0.2) is 4.79 Å². The summed E-state index contributed by atoms with van der Waals surface area (Å²) < 4.78 is 11.3. The van der Waals surface area contributed by atoms with Crippen LogP contribution in [0.4, 0.5) is 21.9 Å². The molecule has 1 heterocycles. The van der Waals surface area contributed by atoms with Gasteiger partial charge in [-0.1, -0.05) is 44.5 Å². The van der Waals surface area contributed by atoms with E-state index in [2.05, 4.69) is 25.2 Å². The van der Waals surface area contributed by atoms with E-state index in [0.717, 1.165) is 61.0 Å². The number of hydrogen-bond donors (Lipinski definition) is 1. The quantitative estimate of drug-likeness (QED) is 0.586. The van der Waals surface area contributed by atoms with Gasteiger partial charge in [-0.3, -0.25) is 15.0 Å². The zero-order chi connectivity index (χ0) is 23.2. The number of aryl methyl sites for hydroxylation is 2. The Labute approximate surface area is 196 Å². The lowest BCUT2D eigenvalue weighted by molar-refractivity contribution is -0.122. The molecule has 4 rings (SSSR count). The minimum Gasteiger partial charge on any atom is -0.446 e. The second-order valence-corrected chi connectivity index (χ2v) is 9.40. The molecule has 6 heteroatoms. The number of nitrogens with zero attached hydrogens (tertiary/aromatic N) is 1. The van der Waals surface area contributed by atoms with Crippen LogP contribution in [-0.2, 0) is 27.1 Å². The second-order valence-electron chi connectivity index (χ2n) is 9.40. The molecule has 0 radical (unpaired) electrons. The third kappa shape index (κ3) is 5.93. The summed E-state index contributed by atoms with van der Waals surface area (Å²) in [5.41, 5.74) is 4.46. The highest BCUT2D eigenvalue weighted by Gasteiger charge is 2.26. The van der Waals surface area contributed by atoms with Crippen LogP contribution in [0.3, 0.4) is 0 Å². The molecule has 176 valence electrons. The van der Waals surface area contributed by atoms with Crippen molar-refractivity contribution >= 4 is 29.1 Å². The first-order valence-electron chi connectivity index (χ1n) is 12.1. The van der Waals surface area contributed by atoms with Gasteiger partial charge in [0.2, 0.25) is 0 Å². The summed E-state index contributed by atoms with van der Waals surface area (Å²) in [7, 11) is 0. The maximum atomic E-state index is 13.3. The lowest BCUT2D eigenvalue weighted by Gasteiger charge is -2.26. The molecule has 0 atom stereocenters. The molecule has 0 saturated heterocycles. The Morgan fingerprint density at radius 2 is 1.73 bits per heavy atom. The largest absolute Gasteiger partial charge is 0.446 e. The number of carbonyl (C=O) groups excluding carboxylic acids is 2. The molecule has 2 aromatic carbocycles. The van der Waals surface area contributed by atoms with E-state index in [1.807, 2.05) is 36.4 Å². The Morgan fingerprint density at radius 1 is 1.00 bits per heavy atom. The first kappa shape index (κ1) is 23.3. The molecule has 0 spiro atoms. The van der Waals surface area contributed by atoms with Crippen LogP contribution in [0.2, 0.25) is 0 Å². The van der Waals surface area contributed by atoms with Crippen molar-refractivity contribution in [3.63, 3.8) is 0 Å². The van der Waals surface area contributed by atoms with E-state index < -0.39 is 6.09 Å². The monoisotopic (exact) mass is 450 g/mol. The number of carbonyl (C=O) groups is 2. The minimum atomic E-state index is -0.436. The van der Waals surface area contributed by atoms with Gasteiger partial charge in [-0.2, -0.15) is 0 Å². The third-order valence-electron chi connectivity index (χ3n) is 6.22. The van der Waals surface area contributed by atoms with Gasteiger partial charge < -0.3 is 9.47 Å². The molecule has 1 fully saturated rings. The van der Waals surface area contributed by atoms with E-state index in [1.165, 1.54) is 6.42 Å². The van der Waals surface area contributed by atoms with Gasteiger partial charge in [-0.05, 0) is 73.8 Å². The van der Waals surface area contributed by atoms with E-state index >= 15 is 0 Å². The van der Waals surface area contributed by atoms with Crippen molar-refractivity contribution in [2.24, 2.45) is 5.92 Å². The van der Waals surface area contributed by atoms with Gasteiger partial charge in [0, 0.05) is 12.3 Å². The molecule has 0 aromatic heterocycles. The number of fused-ring (bicyclic) bond motifs is 2. The summed E-state index contributed by atoms with van der Waals surface area (Å²) in [6.45, 7) is 4.66. The molecule has 1 aliphatic carbocycles. The average molecular weight is 451 g/mol. The lowest BCUT2D eigenvalue weighted by Crippen LogP contribution is -2.31. The van der Waals surface area contributed by atoms with E-state index in [4.69, 9.17) is 9.47 Å². The maximum Gasteiger partial charge on any atom is 0.411 e. The third-order valence-corrected chi connectivity index (χ3v) is 6.22. The van der Waals surface area contributed by atoms with E-state index in [9.17, 15) is 9.59 Å². The fourth-order valence-electron chi connectivity index (χ4n) is 4.60. The van der Waals surface area contributed by atoms with Crippen LogP contribution in [0.25, 0.3) is 0 Å². The fourth-order valence-corrected chi connectivity index (χ4v) is 4.60. The topological polar surface area (TPSA) is 67.9 Å². The van der Waals surface area contributed by atoms with Gasteiger partial charge in [0.05, 0.1) is 11.4 Å². The van der Waals surface area contributed by atoms with Crippen LogP contribution in [0.1, 0.15) is 57.1 Å². The molecule has 0 bridgehead atoms. The number of para-hydroxylation sites is 1. The number of benzene rings is 2. The molecule has 2 amide bonds. The predicted octanol–water partition coefficient (Wildman–Crippen LogP) is 6.00. The van der Waals surface area contributed by atoms with E-state index in [1.54, 1.807) is 4.90 Å². The standard InChI is InChI=1S/C27H34N2O4/c1-19(2)17-32-18-26(30)29-24-11-7-6-8-20(24)12-13-21-14-15-22(16-25(21)29)28-27(31)33-23-9-4-3-5-10-23/h6-8,11,14-16,19,23H,3-5,9-10,12-13,17-18H2,1-2H3,(H,28,31). The molecule has 6 nitrogen and oxygen atoms in total. The highest BCUT2D eigenvalue weighted by Crippen LogP contribution is 2.37. The number of rotatable bonds is 6. The zero-order valence-electron chi connectivity index (χ0n) is 19.6. The summed E-state index contributed by atoms with van der Waals surface area (Å²) >= 11 is 0. The first-order valence-corrected chi connectivity index (χ1v) is 12.1. The average Bonchev–Trinajstić information content (AvgIpc) is 2.96. The summed E-state index contributed by atoms with van der Waals surface area (Å²) in [5, 5.41) is 2.87. The number of anilines is 3. The van der Waals surface area contributed by atoms with Gasteiger partial charge in [0.25, 0.3) is 5.91 Å². The zero-order valence-corrected chi connectivity index (χ0v) is 19.6. The Balaban J connectivity index is 1.57. The SMILES string of the molecule is CC(C)COCC(=O)N1c2ccccc2CCc2ccc(NC(=O)OC3CCCCC3)cc21. The molecular formula is C27H34N2O4. The summed E-state index contributed by atoms with van der Waals surface area (Å²) in [6, 6.07) is 13.7. The molecule has 1 saturated carbocycles. The Morgan fingerprint density at radius 3 is 2.48 bits per heavy atom. The molecule has 2 aliphatic rings. The van der Waals surface area contributed by atoms with Crippen molar-refractivity contribution in [3.05, 3.63) is 53.6 Å². The molecule has 0 unspecified atom stereocenters. The van der Waals surface area contributed by atoms with Crippen LogP contribution in [0, 0.1) is 5.92 Å². The van der Waals surface area contributed by atoms with Crippen molar-refractivity contribution in [1.29, 1.82) is 0 Å². The lowest BCUT2D eigenvalue weighted by atomic mass is 9.98. The predicted molar refractivity (Wildman–Crippen MR) is 130 cm³/mol. The first-order chi connectivity index (χ1) is 16.0. The molecule has 1 N–H and O–H groups in total. The highest BCUT2D eigenvalue weighted by atomic mass is 16.6. The summed E-state index contributed by atoms with van der Waals surface area (Å²) in [6.07, 6.45) is 6.47. The number of nitrogens with one attached hydrogen (secondary N) is 1. The minimum absolute atomic E-state index is 0.00727. The fraction of sp³-hybridized carbons (Fsp3) is 0.481. The highest BCUT2D eigenvalue weighted by molar-refractivity contribution is 6.03. The van der Waals surface area contributed by atoms with Crippen LogP contribution >= 0.6 is 0 Å². The van der Waals surface area contributed by atoms with Crippen LogP contribution in [0.5, 0.6) is 0 Å². The molecule has 2 aromatic rings. The smallest absolute Gasteiger partial charge is 0.411 e. The van der Waals surface area contributed by atoms with Crippen molar-refractivity contribution in [3.8, 4) is 0 Å². The van der Waals surface area contributed by atoms with Crippen molar-refractivity contribution in [2.45, 2.75) is 64.9 Å². The Kier molecular flexibility index (Phi) is 7.65. The van der Waals surface area contributed by atoms with Crippen LogP contribution in [0.15, 0.2) is 42.5 Å². The number of hydrogen-bond acceptors (Lipinski definition) is 4. The Bertz CT molecular complexity index is 982. The summed E-state index contributed by atoms with van der Waals surface area (Å²) in [5.74, 6) is 0.237. The molecule has 33 heavy (non-hydrogen) atoms. The normalized spacial score (nSPS) is 16.0. The van der Waals surface area contributed by atoms with Gasteiger partial charge >= 0.3 is 6.09 Å². The number of amides is 2. The summed E-state index contributed by atoms with van der Waals surface area (Å²) in [4.78, 5) is 27.6. The van der Waals surface area contributed by atoms with Crippen molar-refractivity contribution in [1.82, 2.24) is 0 Å². The van der Waals surface area contributed by atoms with Crippen LogP contribution < -0.4 is 10.2 Å². The van der Waals surface area contributed by atoms with Crippen molar-refractivity contribution < 1.29 is 19.1 Å². The van der Waals surface area contributed by atoms with E-state index in [-0.39, 0.29) is 18.6 Å². The van der Waals surface area contributed by atoms with Crippen molar-refractivity contribution in [2.75, 3.05) is 23.4 Å². The van der Waals surface area contributed by atoms with Gasteiger partial charge in [-0.15, -0.1) is 0 Å². The second kappa shape index (κ2) is 10.8. The molecule has 1 aliphatic heterocycles. The molecular weight excluding hydrogens is 416 g/mol. The Hall–Kier alpha value is -2.86. The van der Waals surface area contributed by atoms with Gasteiger partial charge in [0.15, 0.2) is 0 Å². The van der Waals surface area contributed by atoms with Gasteiger partial charge in [0.1, 0.15) is 12.7 Å². The van der Waals surface area contributed by atoms with E-state index in [0.29, 0.717) is 18.2 Å². The van der Waals surface area contributed by atoms with Crippen LogP contribution in [-0.4, -0.2) is 31.3 Å². The number of ether oxygens (including phenoxy) is 2. The maximum absolute atomic E-state index is 13.3.